The van der Waals surface area contributed by atoms with Gasteiger partial charge in [0.15, 0.2) is 6.10 Å². The summed E-state index contributed by atoms with van der Waals surface area (Å²) in [5, 5.41) is 13.6. The molecule has 0 aromatic rings. The smallest absolute Gasteiger partial charge is 0.382 e. The van der Waals surface area contributed by atoms with Crippen molar-refractivity contribution < 1.29 is 23.1 Å². The van der Waals surface area contributed by atoms with Gasteiger partial charge in [0, 0.05) is 12.6 Å². The van der Waals surface area contributed by atoms with Gasteiger partial charge < -0.3 is 15.7 Å². The number of hydrogen-bond acceptors (Lipinski definition) is 3. The summed E-state index contributed by atoms with van der Waals surface area (Å²) in [6.45, 7) is 2.91. The highest BCUT2D eigenvalue weighted by Crippen LogP contribution is 2.18. The fourth-order valence-corrected chi connectivity index (χ4v) is 1.21. The second-order valence-corrected chi connectivity index (χ2v) is 3.77. The highest BCUT2D eigenvalue weighted by atomic mass is 19.4. The Bertz CT molecular complexity index is 230. The SMILES string of the molecule is CCC(CC)NC(=O)CNCC(O)C(F)(F)F. The normalized spacial score (nSPS) is 13.8. The topological polar surface area (TPSA) is 61.4 Å². The molecule has 1 atom stereocenters. The van der Waals surface area contributed by atoms with E-state index >= 15 is 0 Å². The molecule has 3 N–H and O–H groups in total. The van der Waals surface area contributed by atoms with Crippen LogP contribution in [0.4, 0.5) is 13.2 Å². The molecule has 0 rings (SSSR count). The molecule has 17 heavy (non-hydrogen) atoms. The number of aliphatic hydroxyl groups excluding tert-OH is 1. The van der Waals surface area contributed by atoms with Crippen LogP contribution in [0.25, 0.3) is 0 Å². The summed E-state index contributed by atoms with van der Waals surface area (Å²) >= 11 is 0. The molecule has 0 bridgehead atoms. The molecule has 0 aliphatic carbocycles. The third kappa shape index (κ3) is 7.17. The first-order valence-corrected chi connectivity index (χ1v) is 5.56. The van der Waals surface area contributed by atoms with E-state index in [-0.39, 0.29) is 18.5 Å². The van der Waals surface area contributed by atoms with E-state index in [2.05, 4.69) is 10.6 Å². The summed E-state index contributed by atoms with van der Waals surface area (Å²) < 4.78 is 35.7. The van der Waals surface area contributed by atoms with Gasteiger partial charge in [0.1, 0.15) is 0 Å². The molecule has 1 amide bonds. The van der Waals surface area contributed by atoms with Gasteiger partial charge in [0.05, 0.1) is 6.54 Å². The fourth-order valence-electron chi connectivity index (χ4n) is 1.21. The van der Waals surface area contributed by atoms with Crippen LogP contribution in [0, 0.1) is 0 Å². The Morgan fingerprint density at radius 2 is 1.82 bits per heavy atom. The van der Waals surface area contributed by atoms with Gasteiger partial charge in [0.2, 0.25) is 5.91 Å². The molecule has 7 heteroatoms. The highest BCUT2D eigenvalue weighted by Gasteiger charge is 2.37. The summed E-state index contributed by atoms with van der Waals surface area (Å²) in [6.07, 6.45) is -5.55. The Hall–Kier alpha value is -0.820. The van der Waals surface area contributed by atoms with E-state index in [1.807, 2.05) is 13.8 Å². The van der Waals surface area contributed by atoms with E-state index < -0.39 is 18.8 Å². The van der Waals surface area contributed by atoms with Crippen molar-refractivity contribution in [2.45, 2.75) is 45.0 Å². The van der Waals surface area contributed by atoms with Crippen molar-refractivity contribution in [2.24, 2.45) is 0 Å². The van der Waals surface area contributed by atoms with Gasteiger partial charge in [-0.2, -0.15) is 13.2 Å². The summed E-state index contributed by atoms with van der Waals surface area (Å²) in [5.41, 5.74) is 0. The average molecular weight is 256 g/mol. The van der Waals surface area contributed by atoms with Crippen LogP contribution < -0.4 is 10.6 Å². The van der Waals surface area contributed by atoms with Crippen molar-refractivity contribution in [1.82, 2.24) is 10.6 Å². The number of amides is 1. The maximum Gasteiger partial charge on any atom is 0.415 e. The van der Waals surface area contributed by atoms with Crippen molar-refractivity contribution >= 4 is 5.91 Å². The molecule has 0 spiro atoms. The van der Waals surface area contributed by atoms with Gasteiger partial charge in [-0.05, 0) is 12.8 Å². The monoisotopic (exact) mass is 256 g/mol. The zero-order valence-corrected chi connectivity index (χ0v) is 9.97. The van der Waals surface area contributed by atoms with Crippen molar-refractivity contribution in [3.63, 3.8) is 0 Å². The zero-order valence-electron chi connectivity index (χ0n) is 9.97. The van der Waals surface area contributed by atoms with Gasteiger partial charge >= 0.3 is 6.18 Å². The van der Waals surface area contributed by atoms with E-state index in [9.17, 15) is 18.0 Å². The molecular formula is C10H19F3N2O2. The molecule has 0 radical (unpaired) electrons. The first-order valence-electron chi connectivity index (χ1n) is 5.56. The standard InChI is InChI=1S/C10H19F3N2O2/c1-3-7(4-2)15-9(17)6-14-5-8(16)10(11,12)13/h7-8,14,16H,3-6H2,1-2H3,(H,15,17). The summed E-state index contributed by atoms with van der Waals surface area (Å²) in [5.74, 6) is -0.368. The molecule has 0 saturated heterocycles. The lowest BCUT2D eigenvalue weighted by atomic mass is 10.2. The third-order valence-corrected chi connectivity index (χ3v) is 2.35. The van der Waals surface area contributed by atoms with Crippen LogP contribution in [0.1, 0.15) is 26.7 Å². The third-order valence-electron chi connectivity index (χ3n) is 2.35. The fraction of sp³-hybridized carbons (Fsp3) is 0.900. The van der Waals surface area contributed by atoms with Crippen LogP contribution >= 0.6 is 0 Å². The van der Waals surface area contributed by atoms with Gasteiger partial charge in [-0.25, -0.2) is 0 Å². The van der Waals surface area contributed by atoms with Crippen LogP contribution in [0.3, 0.4) is 0 Å². The molecule has 102 valence electrons. The van der Waals surface area contributed by atoms with Crippen LogP contribution in [0.2, 0.25) is 0 Å². The van der Waals surface area contributed by atoms with E-state index in [4.69, 9.17) is 5.11 Å². The predicted molar refractivity (Wildman–Crippen MR) is 57.4 cm³/mol. The molecule has 0 fully saturated rings. The minimum atomic E-state index is -4.65. The van der Waals surface area contributed by atoms with Gasteiger partial charge in [0.25, 0.3) is 0 Å². The van der Waals surface area contributed by atoms with Crippen LogP contribution in [-0.2, 0) is 4.79 Å². The van der Waals surface area contributed by atoms with E-state index in [0.29, 0.717) is 0 Å². The molecule has 0 aromatic heterocycles. The highest BCUT2D eigenvalue weighted by molar-refractivity contribution is 5.78. The molecule has 1 unspecified atom stereocenters. The lowest BCUT2D eigenvalue weighted by Gasteiger charge is -2.17. The Morgan fingerprint density at radius 1 is 1.29 bits per heavy atom. The molecule has 0 heterocycles. The average Bonchev–Trinajstić information content (AvgIpc) is 2.24. The van der Waals surface area contributed by atoms with E-state index in [1.165, 1.54) is 0 Å². The molecule has 4 nitrogen and oxygen atoms in total. The number of nitrogens with one attached hydrogen (secondary N) is 2. The first-order chi connectivity index (χ1) is 7.81. The number of hydrogen-bond donors (Lipinski definition) is 3. The second-order valence-electron chi connectivity index (χ2n) is 3.77. The lowest BCUT2D eigenvalue weighted by molar-refractivity contribution is -0.201. The van der Waals surface area contributed by atoms with Gasteiger partial charge in [-0.15, -0.1) is 0 Å². The van der Waals surface area contributed by atoms with Crippen LogP contribution in [0.5, 0.6) is 0 Å². The second kappa shape index (κ2) is 7.50. The van der Waals surface area contributed by atoms with Crippen molar-refractivity contribution in [1.29, 1.82) is 0 Å². The number of rotatable bonds is 7. The number of carbonyl (C=O) groups excluding carboxylic acids is 1. The molecule has 0 aliphatic rings. The van der Waals surface area contributed by atoms with Crippen LogP contribution in [-0.4, -0.2) is 42.4 Å². The Kier molecular flexibility index (Phi) is 7.13. The Balaban J connectivity index is 3.79. The largest absolute Gasteiger partial charge is 0.415 e. The number of aliphatic hydroxyl groups is 1. The van der Waals surface area contributed by atoms with Gasteiger partial charge in [-0.3, -0.25) is 4.79 Å². The number of alkyl halides is 3. The molecule has 0 aliphatic heterocycles. The number of halogens is 3. The molecule has 0 saturated carbocycles. The van der Waals surface area contributed by atoms with Crippen molar-refractivity contribution in [2.75, 3.05) is 13.1 Å². The number of carbonyl (C=O) groups is 1. The summed E-state index contributed by atoms with van der Waals surface area (Å²) in [7, 11) is 0. The summed E-state index contributed by atoms with van der Waals surface area (Å²) in [6, 6.07) is 0.0387. The van der Waals surface area contributed by atoms with Crippen LogP contribution in [0.15, 0.2) is 0 Å². The Morgan fingerprint density at radius 3 is 2.24 bits per heavy atom. The quantitative estimate of drug-likeness (QED) is 0.631. The van der Waals surface area contributed by atoms with E-state index in [1.54, 1.807) is 0 Å². The Labute approximate surface area is 98.6 Å². The first kappa shape index (κ1) is 16.2. The van der Waals surface area contributed by atoms with Crippen molar-refractivity contribution in [3.05, 3.63) is 0 Å². The van der Waals surface area contributed by atoms with Crippen molar-refractivity contribution in [3.8, 4) is 0 Å². The van der Waals surface area contributed by atoms with Gasteiger partial charge in [-0.1, -0.05) is 13.8 Å². The molecular weight excluding hydrogens is 237 g/mol. The predicted octanol–water partition coefficient (Wildman–Crippen LogP) is 0.804. The maximum atomic E-state index is 11.9. The minimum Gasteiger partial charge on any atom is -0.382 e. The minimum absolute atomic E-state index is 0.0387. The lowest BCUT2D eigenvalue weighted by Crippen LogP contribution is -2.44. The maximum absolute atomic E-state index is 11.9. The zero-order chi connectivity index (χ0) is 13.5. The molecule has 0 aromatic carbocycles. The van der Waals surface area contributed by atoms with E-state index in [0.717, 1.165) is 12.8 Å². The summed E-state index contributed by atoms with van der Waals surface area (Å²) in [4.78, 5) is 11.3.